The van der Waals surface area contributed by atoms with Crippen molar-refractivity contribution in [3.63, 3.8) is 0 Å². The van der Waals surface area contributed by atoms with Crippen LogP contribution < -0.4 is 16.6 Å². The first-order valence-corrected chi connectivity index (χ1v) is 11.1. The smallest absolute Gasteiger partial charge is 0.326 e. The van der Waals surface area contributed by atoms with E-state index in [2.05, 4.69) is 20.3 Å². The molecule has 2 aromatic rings. The van der Waals surface area contributed by atoms with Crippen LogP contribution in [0.15, 0.2) is 46.0 Å². The molecule has 170 valence electrons. The molecule has 0 aromatic heterocycles. The Morgan fingerprint density at radius 2 is 1.88 bits per heavy atom. The van der Waals surface area contributed by atoms with Gasteiger partial charge in [-0.1, -0.05) is 37.6 Å². The van der Waals surface area contributed by atoms with E-state index in [9.17, 15) is 14.4 Å². The van der Waals surface area contributed by atoms with Crippen LogP contribution in [-0.4, -0.2) is 25.4 Å². The van der Waals surface area contributed by atoms with Gasteiger partial charge in [0.2, 0.25) is 5.91 Å². The number of rotatable bonds is 6. The van der Waals surface area contributed by atoms with Crippen LogP contribution in [0.25, 0.3) is 22.6 Å². The number of aromatic nitrogens is 4. The molecular weight excluding hydrogens is 442 g/mol. The van der Waals surface area contributed by atoms with Crippen LogP contribution in [0.2, 0.25) is 5.02 Å². The van der Waals surface area contributed by atoms with Crippen LogP contribution in [0.1, 0.15) is 31.4 Å². The maximum Gasteiger partial charge on any atom is 0.349 e. The summed E-state index contributed by atoms with van der Waals surface area (Å²) in [5.74, 6) is -0.0567. The molecule has 2 aromatic carbocycles. The summed E-state index contributed by atoms with van der Waals surface area (Å²) in [4.78, 5) is 47.5. The number of aryl methyl sites for hydroxylation is 3. The summed E-state index contributed by atoms with van der Waals surface area (Å²) in [6, 6.07) is 11.3. The van der Waals surface area contributed by atoms with E-state index in [0.717, 1.165) is 24.0 Å². The number of nitrogens with zero attached hydrogens (tertiary/aromatic N) is 3. The van der Waals surface area contributed by atoms with E-state index in [0.29, 0.717) is 28.3 Å². The number of anilines is 1. The fourth-order valence-corrected chi connectivity index (χ4v) is 3.80. The summed E-state index contributed by atoms with van der Waals surface area (Å²) in [5, 5.41) is 3.62. The lowest BCUT2D eigenvalue weighted by molar-refractivity contribution is -0.118. The number of carbonyl (C=O) groups excluding carboxylic acids is 1. The van der Waals surface area contributed by atoms with E-state index < -0.39 is 11.2 Å². The van der Waals surface area contributed by atoms with Crippen molar-refractivity contribution in [1.82, 2.24) is 19.5 Å². The van der Waals surface area contributed by atoms with Gasteiger partial charge in [-0.05, 0) is 55.2 Å². The number of halogens is 1. The van der Waals surface area contributed by atoms with Gasteiger partial charge in [-0.3, -0.25) is 14.6 Å². The molecule has 1 amide bonds. The van der Waals surface area contributed by atoms with E-state index >= 15 is 0 Å². The molecule has 0 atom stereocenters. The Balaban J connectivity index is 1.81. The van der Waals surface area contributed by atoms with Gasteiger partial charge in [0.25, 0.3) is 5.56 Å². The first-order valence-electron chi connectivity index (χ1n) is 10.7. The number of aromatic amines is 1. The SMILES string of the molecule is Cc1cc2nc3c(=O)[nH]c(=O)nc-3n(CCCc3ccc(Cl)cc3)c2cc1NC(=O)C(C)C. The Morgan fingerprint density at radius 1 is 1.15 bits per heavy atom. The number of H-pyrrole nitrogens is 1. The third kappa shape index (κ3) is 4.80. The summed E-state index contributed by atoms with van der Waals surface area (Å²) < 4.78 is 1.83. The first kappa shape index (κ1) is 22.7. The highest BCUT2D eigenvalue weighted by molar-refractivity contribution is 6.30. The highest BCUT2D eigenvalue weighted by atomic mass is 35.5. The Bertz CT molecular complexity index is 1420. The van der Waals surface area contributed by atoms with Crippen LogP contribution in [0.3, 0.4) is 0 Å². The number of benzene rings is 2. The van der Waals surface area contributed by atoms with Crippen molar-refractivity contribution in [2.75, 3.05) is 5.32 Å². The van der Waals surface area contributed by atoms with Gasteiger partial charge in [0, 0.05) is 23.2 Å². The standard InChI is InChI=1S/C24H24ClN5O3/c1-13(2)22(31)27-17-12-19-18(11-14(17)3)26-20-21(28-24(33)29-23(20)32)30(19)10-4-5-15-6-8-16(25)9-7-15/h6-9,11-13H,4-5,10H2,1-3H3,(H,27,31)(H,29,32,33). The maximum atomic E-state index is 12.5. The van der Waals surface area contributed by atoms with Crippen molar-refractivity contribution in [3.05, 3.63) is 73.4 Å². The molecule has 2 heterocycles. The molecule has 0 bridgehead atoms. The summed E-state index contributed by atoms with van der Waals surface area (Å²) in [6.07, 6.45) is 1.50. The normalized spacial score (nSPS) is 11.4. The van der Waals surface area contributed by atoms with Crippen LogP contribution in [0.5, 0.6) is 0 Å². The minimum atomic E-state index is -0.722. The van der Waals surface area contributed by atoms with Crippen LogP contribution in [0, 0.1) is 12.8 Å². The predicted octanol–water partition coefficient (Wildman–Crippen LogP) is 3.77. The number of carbonyl (C=O) groups is 1. The fraction of sp³-hybridized carbons (Fsp3) is 0.292. The number of hydrogen-bond acceptors (Lipinski definition) is 5. The minimum absolute atomic E-state index is 0.100. The molecule has 0 radical (unpaired) electrons. The number of hydrogen-bond donors (Lipinski definition) is 2. The maximum absolute atomic E-state index is 12.5. The molecule has 0 unspecified atom stereocenters. The van der Waals surface area contributed by atoms with Crippen molar-refractivity contribution in [2.24, 2.45) is 5.92 Å². The average molecular weight is 466 g/mol. The molecule has 4 rings (SSSR count). The zero-order chi connectivity index (χ0) is 23.7. The van der Waals surface area contributed by atoms with Crippen molar-refractivity contribution in [3.8, 4) is 11.5 Å². The van der Waals surface area contributed by atoms with E-state index in [1.165, 1.54) is 0 Å². The van der Waals surface area contributed by atoms with Crippen LogP contribution in [0.4, 0.5) is 5.69 Å². The summed E-state index contributed by atoms with van der Waals surface area (Å²) in [5.41, 5.74) is 2.67. The molecule has 9 heteroatoms. The molecule has 2 aliphatic rings. The van der Waals surface area contributed by atoms with Gasteiger partial charge in [-0.2, -0.15) is 4.98 Å². The Morgan fingerprint density at radius 3 is 2.58 bits per heavy atom. The van der Waals surface area contributed by atoms with Gasteiger partial charge in [0.15, 0.2) is 11.5 Å². The monoisotopic (exact) mass is 465 g/mol. The lowest BCUT2D eigenvalue weighted by atomic mass is 10.1. The van der Waals surface area contributed by atoms with Gasteiger partial charge < -0.3 is 9.88 Å². The van der Waals surface area contributed by atoms with Gasteiger partial charge in [0.1, 0.15) is 0 Å². The second kappa shape index (κ2) is 9.15. The molecule has 33 heavy (non-hydrogen) atoms. The average Bonchev–Trinajstić information content (AvgIpc) is 2.76. The van der Waals surface area contributed by atoms with E-state index in [-0.39, 0.29) is 23.3 Å². The number of amides is 1. The van der Waals surface area contributed by atoms with Crippen molar-refractivity contribution in [1.29, 1.82) is 0 Å². The quantitative estimate of drug-likeness (QED) is 0.421. The van der Waals surface area contributed by atoms with Gasteiger partial charge in [0.05, 0.1) is 11.0 Å². The third-order valence-electron chi connectivity index (χ3n) is 5.50. The summed E-state index contributed by atoms with van der Waals surface area (Å²) >= 11 is 5.97. The summed E-state index contributed by atoms with van der Waals surface area (Å²) in [7, 11) is 0. The largest absolute Gasteiger partial charge is 0.349 e. The molecule has 0 saturated heterocycles. The van der Waals surface area contributed by atoms with Crippen molar-refractivity contribution < 1.29 is 4.79 Å². The molecular formula is C24H24ClN5O3. The number of nitrogens with one attached hydrogen (secondary N) is 2. The van der Waals surface area contributed by atoms with Gasteiger partial charge in [-0.25, -0.2) is 9.78 Å². The first-order chi connectivity index (χ1) is 15.7. The molecule has 2 aliphatic heterocycles. The Labute approximate surface area is 195 Å². The molecule has 0 aliphatic carbocycles. The molecule has 2 N–H and O–H groups in total. The van der Waals surface area contributed by atoms with Gasteiger partial charge in [-0.15, -0.1) is 0 Å². The minimum Gasteiger partial charge on any atom is -0.326 e. The fourth-order valence-electron chi connectivity index (χ4n) is 3.68. The zero-order valence-corrected chi connectivity index (χ0v) is 19.4. The summed E-state index contributed by atoms with van der Waals surface area (Å²) in [6.45, 7) is 6.01. The Kier molecular flexibility index (Phi) is 6.29. The van der Waals surface area contributed by atoms with Crippen LogP contribution in [-0.2, 0) is 17.8 Å². The zero-order valence-electron chi connectivity index (χ0n) is 18.6. The predicted molar refractivity (Wildman–Crippen MR) is 129 cm³/mol. The van der Waals surface area contributed by atoms with Gasteiger partial charge >= 0.3 is 5.69 Å². The molecule has 0 spiro atoms. The number of fused-ring (bicyclic) bond motifs is 2. The second-order valence-corrected chi connectivity index (χ2v) is 8.77. The molecule has 0 saturated carbocycles. The third-order valence-corrected chi connectivity index (χ3v) is 5.75. The topological polar surface area (TPSA) is 110 Å². The van der Waals surface area contributed by atoms with E-state index in [1.54, 1.807) is 0 Å². The highest BCUT2D eigenvalue weighted by Gasteiger charge is 2.20. The Hall–Kier alpha value is -3.52. The lowest BCUT2D eigenvalue weighted by Crippen LogP contribution is -2.29. The molecule has 0 fully saturated rings. The highest BCUT2D eigenvalue weighted by Crippen LogP contribution is 2.27. The second-order valence-electron chi connectivity index (χ2n) is 8.34. The van der Waals surface area contributed by atoms with Crippen LogP contribution >= 0.6 is 11.6 Å². The van der Waals surface area contributed by atoms with Crippen molar-refractivity contribution >= 4 is 34.2 Å². The lowest BCUT2D eigenvalue weighted by Gasteiger charge is -2.19. The van der Waals surface area contributed by atoms with Crippen molar-refractivity contribution in [2.45, 2.75) is 40.2 Å². The molecule has 8 nitrogen and oxygen atoms in total. The van der Waals surface area contributed by atoms with E-state index in [1.807, 2.05) is 61.7 Å². The van der Waals surface area contributed by atoms with E-state index in [4.69, 9.17) is 11.6 Å².